The van der Waals surface area contributed by atoms with Crippen LogP contribution >= 0.6 is 11.6 Å². The third-order valence-corrected chi connectivity index (χ3v) is 6.13. The van der Waals surface area contributed by atoms with Crippen LogP contribution < -0.4 is 0 Å². The molecule has 1 fully saturated rings. The number of nitrogens with zero attached hydrogens (tertiary/aromatic N) is 1. The van der Waals surface area contributed by atoms with Gasteiger partial charge in [-0.3, -0.25) is 0 Å². The topological polar surface area (TPSA) is 37.4 Å². The second-order valence-electron chi connectivity index (χ2n) is 5.37. The van der Waals surface area contributed by atoms with E-state index in [-0.39, 0.29) is 11.8 Å². The molecule has 1 aromatic rings. The van der Waals surface area contributed by atoms with Crippen LogP contribution in [0.25, 0.3) is 0 Å². The van der Waals surface area contributed by atoms with E-state index >= 15 is 0 Å². The molecule has 5 heteroatoms. The Balaban J connectivity index is 2.12. The van der Waals surface area contributed by atoms with E-state index in [1.165, 1.54) is 0 Å². The van der Waals surface area contributed by atoms with E-state index < -0.39 is 10.0 Å². The summed E-state index contributed by atoms with van der Waals surface area (Å²) >= 11 is 5.75. The molecular formula is C15H22ClNO2S. The summed E-state index contributed by atoms with van der Waals surface area (Å²) in [7, 11) is -3.22. The quantitative estimate of drug-likeness (QED) is 0.780. The molecule has 0 aliphatic carbocycles. The van der Waals surface area contributed by atoms with Crippen molar-refractivity contribution in [2.24, 2.45) is 0 Å². The lowest BCUT2D eigenvalue weighted by molar-refractivity contribution is 0.246. The molecular weight excluding hydrogens is 294 g/mol. The Kier molecular flexibility index (Phi) is 5.47. The first kappa shape index (κ1) is 15.8. The highest BCUT2D eigenvalue weighted by Crippen LogP contribution is 2.24. The second kappa shape index (κ2) is 6.92. The molecule has 1 saturated heterocycles. The molecule has 1 aliphatic rings. The molecule has 0 amide bonds. The van der Waals surface area contributed by atoms with Crippen LogP contribution in [0.15, 0.2) is 24.3 Å². The minimum atomic E-state index is -3.22. The molecule has 1 aromatic carbocycles. The van der Waals surface area contributed by atoms with Crippen molar-refractivity contribution in [3.63, 3.8) is 0 Å². The van der Waals surface area contributed by atoms with Crippen LogP contribution in [0.3, 0.4) is 0 Å². The van der Waals surface area contributed by atoms with Crippen molar-refractivity contribution in [1.29, 1.82) is 0 Å². The molecule has 0 saturated carbocycles. The van der Waals surface area contributed by atoms with Gasteiger partial charge >= 0.3 is 0 Å². The molecule has 0 radical (unpaired) electrons. The van der Waals surface area contributed by atoms with Crippen LogP contribution in [0.4, 0.5) is 0 Å². The predicted octanol–water partition coefficient (Wildman–Crippen LogP) is 3.52. The van der Waals surface area contributed by atoms with Crippen molar-refractivity contribution in [2.75, 3.05) is 6.54 Å². The van der Waals surface area contributed by atoms with Gasteiger partial charge in [-0.15, -0.1) is 11.6 Å². The van der Waals surface area contributed by atoms with Gasteiger partial charge in [-0.25, -0.2) is 8.42 Å². The van der Waals surface area contributed by atoms with Gasteiger partial charge in [0.05, 0.1) is 5.75 Å². The maximum Gasteiger partial charge on any atom is 0.218 e. The zero-order chi connectivity index (χ0) is 14.6. The van der Waals surface area contributed by atoms with E-state index in [0.29, 0.717) is 12.4 Å². The molecule has 0 aromatic heterocycles. The van der Waals surface area contributed by atoms with Gasteiger partial charge in [-0.05, 0) is 30.4 Å². The lowest BCUT2D eigenvalue weighted by Crippen LogP contribution is -2.43. The van der Waals surface area contributed by atoms with E-state index in [0.717, 1.165) is 36.8 Å². The maximum absolute atomic E-state index is 12.6. The number of rotatable bonds is 5. The van der Waals surface area contributed by atoms with Crippen LogP contribution in [0, 0.1) is 0 Å². The van der Waals surface area contributed by atoms with Gasteiger partial charge in [-0.2, -0.15) is 4.31 Å². The highest BCUT2D eigenvalue weighted by molar-refractivity contribution is 7.88. The highest BCUT2D eigenvalue weighted by atomic mass is 35.5. The normalized spacial score (nSPS) is 21.0. The summed E-state index contributed by atoms with van der Waals surface area (Å²) in [5, 5.41) is 0. The zero-order valence-electron chi connectivity index (χ0n) is 11.9. The molecule has 1 unspecified atom stereocenters. The van der Waals surface area contributed by atoms with Crippen LogP contribution in [-0.4, -0.2) is 25.3 Å². The maximum atomic E-state index is 12.6. The van der Waals surface area contributed by atoms with E-state index in [1.807, 2.05) is 24.3 Å². The van der Waals surface area contributed by atoms with Crippen molar-refractivity contribution >= 4 is 21.6 Å². The molecule has 1 aliphatic heterocycles. The highest BCUT2D eigenvalue weighted by Gasteiger charge is 2.30. The van der Waals surface area contributed by atoms with E-state index in [9.17, 15) is 8.42 Å². The first-order chi connectivity index (χ1) is 9.56. The van der Waals surface area contributed by atoms with Crippen LogP contribution in [0.5, 0.6) is 0 Å². The standard InChI is InChI=1S/C15H22ClNO2S/c1-2-15-5-3-4-10-17(15)20(18,19)12-14-8-6-13(11-16)7-9-14/h6-9,15H,2-5,10-12H2,1H3. The summed E-state index contributed by atoms with van der Waals surface area (Å²) in [5.74, 6) is 0.545. The van der Waals surface area contributed by atoms with E-state index in [1.54, 1.807) is 4.31 Å². The number of alkyl halides is 1. The predicted molar refractivity (Wildman–Crippen MR) is 83.3 cm³/mol. The Morgan fingerprint density at radius 1 is 1.20 bits per heavy atom. The molecule has 20 heavy (non-hydrogen) atoms. The molecule has 0 N–H and O–H groups in total. The van der Waals surface area contributed by atoms with Gasteiger partial charge in [0.25, 0.3) is 0 Å². The SMILES string of the molecule is CCC1CCCCN1S(=O)(=O)Cc1ccc(CCl)cc1. The smallest absolute Gasteiger partial charge is 0.212 e. The van der Waals surface area contributed by atoms with E-state index in [4.69, 9.17) is 11.6 Å². The van der Waals surface area contributed by atoms with Crippen molar-refractivity contribution in [1.82, 2.24) is 4.31 Å². The Bertz CT molecular complexity index is 527. The molecule has 0 bridgehead atoms. The largest absolute Gasteiger partial charge is 0.218 e. The number of halogens is 1. The minimum Gasteiger partial charge on any atom is -0.212 e. The average Bonchev–Trinajstić information content (AvgIpc) is 2.47. The lowest BCUT2D eigenvalue weighted by atomic mass is 10.0. The van der Waals surface area contributed by atoms with Crippen molar-refractivity contribution in [3.05, 3.63) is 35.4 Å². The molecule has 3 nitrogen and oxygen atoms in total. The van der Waals surface area contributed by atoms with Gasteiger partial charge in [0.15, 0.2) is 0 Å². The van der Waals surface area contributed by atoms with Crippen molar-refractivity contribution < 1.29 is 8.42 Å². The fraction of sp³-hybridized carbons (Fsp3) is 0.600. The minimum absolute atomic E-state index is 0.0894. The summed E-state index contributed by atoms with van der Waals surface area (Å²) in [6, 6.07) is 7.69. The van der Waals surface area contributed by atoms with Gasteiger partial charge in [-0.1, -0.05) is 37.6 Å². The summed E-state index contributed by atoms with van der Waals surface area (Å²) in [4.78, 5) is 0. The first-order valence-corrected chi connectivity index (χ1v) is 9.34. The van der Waals surface area contributed by atoms with Gasteiger partial charge < -0.3 is 0 Å². The molecule has 0 spiro atoms. The van der Waals surface area contributed by atoms with Gasteiger partial charge in [0, 0.05) is 18.5 Å². The van der Waals surface area contributed by atoms with Crippen LogP contribution in [-0.2, 0) is 21.7 Å². The summed E-state index contributed by atoms with van der Waals surface area (Å²) < 4.78 is 26.9. The fourth-order valence-corrected chi connectivity index (χ4v) is 4.84. The fourth-order valence-electron chi connectivity index (χ4n) is 2.77. The van der Waals surface area contributed by atoms with Gasteiger partial charge in [0.2, 0.25) is 10.0 Å². The monoisotopic (exact) mass is 315 g/mol. The Morgan fingerprint density at radius 2 is 1.85 bits per heavy atom. The Hall–Kier alpha value is -0.580. The number of benzene rings is 1. The van der Waals surface area contributed by atoms with Crippen molar-refractivity contribution in [2.45, 2.75) is 50.3 Å². The third-order valence-electron chi connectivity index (χ3n) is 3.93. The lowest BCUT2D eigenvalue weighted by Gasteiger charge is -2.34. The summed E-state index contributed by atoms with van der Waals surface area (Å²) in [5.41, 5.74) is 1.84. The van der Waals surface area contributed by atoms with Crippen LogP contribution in [0.2, 0.25) is 0 Å². The van der Waals surface area contributed by atoms with Gasteiger partial charge in [0.1, 0.15) is 0 Å². The molecule has 1 heterocycles. The third kappa shape index (κ3) is 3.74. The number of hydrogen-bond acceptors (Lipinski definition) is 2. The summed E-state index contributed by atoms with van der Waals surface area (Å²) in [6.07, 6.45) is 3.99. The van der Waals surface area contributed by atoms with Crippen molar-refractivity contribution in [3.8, 4) is 0 Å². The van der Waals surface area contributed by atoms with Crippen LogP contribution in [0.1, 0.15) is 43.7 Å². The zero-order valence-corrected chi connectivity index (χ0v) is 13.5. The Labute approximate surface area is 127 Å². The average molecular weight is 316 g/mol. The summed E-state index contributed by atoms with van der Waals surface area (Å²) in [6.45, 7) is 2.73. The Morgan fingerprint density at radius 3 is 2.45 bits per heavy atom. The molecule has 2 rings (SSSR count). The first-order valence-electron chi connectivity index (χ1n) is 7.20. The number of piperidine rings is 1. The second-order valence-corrected chi connectivity index (χ2v) is 7.56. The molecule has 112 valence electrons. The number of sulfonamides is 1. The number of hydrogen-bond donors (Lipinski definition) is 0. The van der Waals surface area contributed by atoms with E-state index in [2.05, 4.69) is 6.92 Å². The molecule has 1 atom stereocenters.